The van der Waals surface area contributed by atoms with Crippen LogP contribution in [-0.4, -0.2) is 74.3 Å². The fraction of sp³-hybridized carbons (Fsp3) is 0.579. The number of aryl methyl sites for hydroxylation is 2. The van der Waals surface area contributed by atoms with Gasteiger partial charge in [0.05, 0.1) is 24.0 Å². The van der Waals surface area contributed by atoms with Crippen molar-refractivity contribution in [3.63, 3.8) is 0 Å². The number of amides is 2. The lowest BCUT2D eigenvalue weighted by molar-refractivity contribution is -0.136. The Labute approximate surface area is 160 Å². The van der Waals surface area contributed by atoms with Gasteiger partial charge in [-0.1, -0.05) is 18.2 Å². The van der Waals surface area contributed by atoms with Crippen molar-refractivity contribution in [2.75, 3.05) is 49.5 Å². The molecule has 0 unspecified atom stereocenters. The number of para-hydroxylation sites is 1. The Morgan fingerprint density at radius 1 is 1.11 bits per heavy atom. The summed E-state index contributed by atoms with van der Waals surface area (Å²) in [6, 6.07) is 5.90. The fourth-order valence-electron chi connectivity index (χ4n) is 3.77. The van der Waals surface area contributed by atoms with Gasteiger partial charge in [0.15, 0.2) is 9.84 Å². The van der Waals surface area contributed by atoms with Crippen LogP contribution in [0.3, 0.4) is 0 Å². The minimum absolute atomic E-state index is 0.0236. The Morgan fingerprint density at radius 3 is 2.30 bits per heavy atom. The van der Waals surface area contributed by atoms with E-state index >= 15 is 0 Å². The summed E-state index contributed by atoms with van der Waals surface area (Å²) in [5, 5.41) is 2.99. The van der Waals surface area contributed by atoms with Crippen LogP contribution < -0.4 is 5.32 Å². The summed E-state index contributed by atoms with van der Waals surface area (Å²) in [5.41, 5.74) is 2.93. The number of nitrogens with one attached hydrogen (secondary N) is 1. The minimum Gasteiger partial charge on any atom is -0.340 e. The number of nitrogens with zero attached hydrogens (tertiary/aromatic N) is 2. The van der Waals surface area contributed by atoms with Gasteiger partial charge in [-0.15, -0.1) is 0 Å². The van der Waals surface area contributed by atoms with Crippen molar-refractivity contribution in [1.82, 2.24) is 9.80 Å². The second kappa shape index (κ2) is 7.98. The monoisotopic (exact) mass is 393 g/mol. The lowest BCUT2D eigenvalue weighted by Gasteiger charge is -2.35. The predicted molar refractivity (Wildman–Crippen MR) is 104 cm³/mol. The van der Waals surface area contributed by atoms with Crippen LogP contribution >= 0.6 is 0 Å². The number of hydrogen-bond donors (Lipinski definition) is 1. The van der Waals surface area contributed by atoms with Crippen molar-refractivity contribution in [2.24, 2.45) is 5.92 Å². The van der Waals surface area contributed by atoms with E-state index in [0.29, 0.717) is 32.6 Å². The highest BCUT2D eigenvalue weighted by atomic mass is 32.2. The maximum absolute atomic E-state index is 12.5. The Morgan fingerprint density at radius 2 is 1.74 bits per heavy atom. The summed E-state index contributed by atoms with van der Waals surface area (Å²) in [4.78, 5) is 28.6. The molecular formula is C19H27N3O4S. The molecule has 1 atom stereocenters. The van der Waals surface area contributed by atoms with E-state index < -0.39 is 15.8 Å². The van der Waals surface area contributed by atoms with E-state index in [4.69, 9.17) is 0 Å². The molecule has 0 aromatic heterocycles. The van der Waals surface area contributed by atoms with E-state index in [1.807, 2.05) is 36.9 Å². The van der Waals surface area contributed by atoms with Crippen LogP contribution in [0.4, 0.5) is 5.69 Å². The first-order valence-electron chi connectivity index (χ1n) is 9.33. The van der Waals surface area contributed by atoms with Crippen molar-refractivity contribution in [3.8, 4) is 0 Å². The highest BCUT2D eigenvalue weighted by Crippen LogP contribution is 2.22. The molecule has 8 heteroatoms. The molecule has 0 bridgehead atoms. The average molecular weight is 394 g/mol. The molecule has 0 aliphatic carbocycles. The van der Waals surface area contributed by atoms with Gasteiger partial charge in [-0.3, -0.25) is 14.5 Å². The van der Waals surface area contributed by atoms with E-state index in [-0.39, 0.29) is 29.9 Å². The molecule has 27 heavy (non-hydrogen) atoms. The molecule has 2 amide bonds. The van der Waals surface area contributed by atoms with Crippen LogP contribution in [0.5, 0.6) is 0 Å². The standard InChI is InChI=1S/C19H27N3O4S/c1-14-4-3-5-15(2)18(14)20-17(23)12-21-7-9-22(10-8-21)19(24)16-6-11-27(25,26)13-16/h3-5,16H,6-13H2,1-2H3,(H,20,23)/t16-/m1/s1. The van der Waals surface area contributed by atoms with E-state index in [0.717, 1.165) is 16.8 Å². The van der Waals surface area contributed by atoms with Crippen molar-refractivity contribution in [2.45, 2.75) is 20.3 Å². The van der Waals surface area contributed by atoms with Crippen molar-refractivity contribution in [3.05, 3.63) is 29.3 Å². The third-order valence-corrected chi connectivity index (χ3v) is 7.15. The van der Waals surface area contributed by atoms with Gasteiger partial charge in [-0.05, 0) is 31.4 Å². The third-order valence-electron chi connectivity index (χ3n) is 5.38. The molecule has 1 aromatic carbocycles. The molecule has 3 rings (SSSR count). The van der Waals surface area contributed by atoms with Gasteiger partial charge in [0.1, 0.15) is 0 Å². The van der Waals surface area contributed by atoms with Gasteiger partial charge in [-0.2, -0.15) is 0 Å². The summed E-state index contributed by atoms with van der Waals surface area (Å²) in [7, 11) is -3.05. The summed E-state index contributed by atoms with van der Waals surface area (Å²) >= 11 is 0. The van der Waals surface area contributed by atoms with Crippen LogP contribution in [-0.2, 0) is 19.4 Å². The lowest BCUT2D eigenvalue weighted by Crippen LogP contribution is -2.52. The molecule has 1 aromatic rings. The number of rotatable bonds is 4. The van der Waals surface area contributed by atoms with Crippen LogP contribution in [0.25, 0.3) is 0 Å². The molecule has 2 fully saturated rings. The van der Waals surface area contributed by atoms with Crippen LogP contribution in [0.1, 0.15) is 17.5 Å². The second-order valence-corrected chi connectivity index (χ2v) is 9.75. The maximum Gasteiger partial charge on any atom is 0.238 e. The predicted octanol–water partition coefficient (Wildman–Crippen LogP) is 0.821. The molecule has 2 heterocycles. The zero-order valence-electron chi connectivity index (χ0n) is 15.9. The minimum atomic E-state index is -3.05. The first-order chi connectivity index (χ1) is 12.7. The van der Waals surface area contributed by atoms with Gasteiger partial charge >= 0.3 is 0 Å². The maximum atomic E-state index is 12.5. The normalized spacial score (nSPS) is 22.6. The van der Waals surface area contributed by atoms with Crippen molar-refractivity contribution in [1.29, 1.82) is 0 Å². The number of piperazine rings is 1. The molecule has 1 N–H and O–H groups in total. The first kappa shape index (κ1) is 19.8. The molecule has 0 saturated carbocycles. The zero-order valence-corrected chi connectivity index (χ0v) is 16.7. The molecule has 2 aliphatic rings. The smallest absolute Gasteiger partial charge is 0.238 e. The van der Waals surface area contributed by atoms with Gasteiger partial charge in [0.25, 0.3) is 0 Å². The fourth-order valence-corrected chi connectivity index (χ4v) is 5.50. The molecule has 148 valence electrons. The lowest BCUT2D eigenvalue weighted by atomic mass is 10.1. The number of hydrogen-bond acceptors (Lipinski definition) is 5. The number of carbonyl (C=O) groups excluding carboxylic acids is 2. The van der Waals surface area contributed by atoms with E-state index in [9.17, 15) is 18.0 Å². The Balaban J connectivity index is 1.48. The number of benzene rings is 1. The van der Waals surface area contributed by atoms with Crippen LogP contribution in [0.2, 0.25) is 0 Å². The highest BCUT2D eigenvalue weighted by molar-refractivity contribution is 7.91. The average Bonchev–Trinajstić information content (AvgIpc) is 2.98. The first-order valence-corrected chi connectivity index (χ1v) is 11.1. The van der Waals surface area contributed by atoms with Crippen LogP contribution in [0, 0.1) is 19.8 Å². The van der Waals surface area contributed by atoms with E-state index in [2.05, 4.69) is 5.32 Å². The van der Waals surface area contributed by atoms with Gasteiger partial charge in [0, 0.05) is 31.9 Å². The van der Waals surface area contributed by atoms with Gasteiger partial charge in [-0.25, -0.2) is 8.42 Å². The summed E-state index contributed by atoms with van der Waals surface area (Å²) in [6.07, 6.45) is 0.430. The second-order valence-electron chi connectivity index (χ2n) is 7.52. The van der Waals surface area contributed by atoms with Crippen molar-refractivity contribution < 1.29 is 18.0 Å². The van der Waals surface area contributed by atoms with E-state index in [1.54, 1.807) is 4.90 Å². The largest absolute Gasteiger partial charge is 0.340 e. The molecule has 2 aliphatic heterocycles. The summed E-state index contributed by atoms with van der Waals surface area (Å²) in [5.74, 6) is -0.426. The van der Waals surface area contributed by atoms with Gasteiger partial charge in [0.2, 0.25) is 11.8 Å². The summed E-state index contributed by atoms with van der Waals surface area (Å²) < 4.78 is 23.2. The Hall–Kier alpha value is -1.93. The Bertz CT molecular complexity index is 809. The molecule has 0 spiro atoms. The Kier molecular flexibility index (Phi) is 5.86. The number of anilines is 1. The SMILES string of the molecule is Cc1cccc(C)c1NC(=O)CN1CCN(C(=O)[C@@H]2CCS(=O)(=O)C2)CC1. The van der Waals surface area contributed by atoms with Gasteiger partial charge < -0.3 is 10.2 Å². The quantitative estimate of drug-likeness (QED) is 0.818. The molecule has 0 radical (unpaired) electrons. The topological polar surface area (TPSA) is 86.8 Å². The van der Waals surface area contributed by atoms with Crippen molar-refractivity contribution >= 4 is 27.3 Å². The molecular weight excluding hydrogens is 366 g/mol. The highest BCUT2D eigenvalue weighted by Gasteiger charge is 2.36. The molecule has 7 nitrogen and oxygen atoms in total. The zero-order chi connectivity index (χ0) is 19.6. The summed E-state index contributed by atoms with van der Waals surface area (Å²) in [6.45, 7) is 6.52. The van der Waals surface area contributed by atoms with Crippen LogP contribution in [0.15, 0.2) is 18.2 Å². The van der Waals surface area contributed by atoms with E-state index in [1.165, 1.54) is 0 Å². The molecule has 2 saturated heterocycles. The number of sulfone groups is 1. The third kappa shape index (κ3) is 4.87. The number of carbonyl (C=O) groups is 2.